The van der Waals surface area contributed by atoms with Crippen LogP contribution in [-0.2, 0) is 4.74 Å². The molecule has 0 saturated carbocycles. The highest BCUT2D eigenvalue weighted by Gasteiger charge is 2.90. The van der Waals surface area contributed by atoms with E-state index in [2.05, 4.69) is 4.74 Å². The Balaban J connectivity index is 3.29. The number of carbonyl (C=O) groups is 1. The van der Waals surface area contributed by atoms with Crippen LogP contribution in [0, 0.1) is 0 Å². The second-order valence-corrected chi connectivity index (χ2v) is 6.33. The summed E-state index contributed by atoms with van der Waals surface area (Å²) in [5.41, 5.74) is -0.995. The number of rotatable bonds is 8. The highest BCUT2D eigenvalue weighted by Crippen LogP contribution is 2.61. The molecule has 0 aliphatic rings. The van der Waals surface area contributed by atoms with Crippen LogP contribution in [-0.4, -0.2) is 54.0 Å². The zero-order valence-corrected chi connectivity index (χ0v) is 15.3. The molecule has 0 saturated heterocycles. The number of aliphatic hydroxyl groups is 1. The van der Waals surface area contributed by atoms with Crippen LogP contribution >= 0.6 is 0 Å². The van der Waals surface area contributed by atoms with Crippen molar-refractivity contribution in [1.29, 1.82) is 0 Å². The number of esters is 1. The standard InChI is InChI=1S/C16H11F13O3/c1-32-10(31)8-4-2-7(3-5-8)9(30)6-11(17,18)12(19,20)13(21,22)14(23,24)15(25,26)16(27,28)29/h2-5,9,30H,6H2,1H3. The molecule has 1 atom stereocenters. The van der Waals surface area contributed by atoms with Crippen molar-refractivity contribution in [3.63, 3.8) is 0 Å². The van der Waals surface area contributed by atoms with Gasteiger partial charge in [-0.05, 0) is 17.7 Å². The van der Waals surface area contributed by atoms with Crippen molar-refractivity contribution in [2.24, 2.45) is 0 Å². The Bertz CT molecular complexity index is 815. The first-order chi connectivity index (χ1) is 14.1. The Kier molecular flexibility index (Phi) is 7.17. The normalized spacial score (nSPS) is 15.5. The molecule has 1 aromatic carbocycles. The number of benzene rings is 1. The van der Waals surface area contributed by atoms with Gasteiger partial charge in [0.05, 0.1) is 18.8 Å². The Morgan fingerprint density at radius 3 is 1.56 bits per heavy atom. The lowest BCUT2D eigenvalue weighted by Gasteiger charge is -2.40. The molecule has 32 heavy (non-hydrogen) atoms. The second kappa shape index (κ2) is 8.26. The van der Waals surface area contributed by atoms with E-state index >= 15 is 0 Å². The van der Waals surface area contributed by atoms with E-state index in [0.29, 0.717) is 12.1 Å². The first-order valence-electron chi connectivity index (χ1n) is 7.90. The van der Waals surface area contributed by atoms with E-state index in [1.807, 2.05) is 0 Å². The average Bonchev–Trinajstić information content (AvgIpc) is 2.65. The van der Waals surface area contributed by atoms with Gasteiger partial charge in [-0.25, -0.2) is 4.79 Å². The molecule has 0 fully saturated rings. The van der Waals surface area contributed by atoms with Gasteiger partial charge in [0.15, 0.2) is 0 Å². The second-order valence-electron chi connectivity index (χ2n) is 6.33. The molecule has 1 unspecified atom stereocenters. The predicted octanol–water partition coefficient (Wildman–Crippen LogP) is 5.64. The third-order valence-corrected chi connectivity index (χ3v) is 4.16. The Labute approximate surface area is 169 Å². The van der Waals surface area contributed by atoms with Gasteiger partial charge in [0.1, 0.15) is 0 Å². The third-order valence-electron chi connectivity index (χ3n) is 4.16. The maximum Gasteiger partial charge on any atom is 0.460 e. The van der Waals surface area contributed by atoms with E-state index in [-0.39, 0.29) is 5.56 Å². The van der Waals surface area contributed by atoms with Crippen molar-refractivity contribution in [3.8, 4) is 0 Å². The van der Waals surface area contributed by atoms with Gasteiger partial charge < -0.3 is 9.84 Å². The molecule has 184 valence electrons. The molecular formula is C16H11F13O3. The highest BCUT2D eigenvalue weighted by atomic mass is 19.4. The van der Waals surface area contributed by atoms with Gasteiger partial charge in [-0.15, -0.1) is 0 Å². The highest BCUT2D eigenvalue weighted by molar-refractivity contribution is 5.89. The Hall–Kier alpha value is -2.26. The molecule has 0 aromatic heterocycles. The van der Waals surface area contributed by atoms with Gasteiger partial charge in [0, 0.05) is 6.42 Å². The maximum absolute atomic E-state index is 13.8. The molecule has 16 heteroatoms. The van der Waals surface area contributed by atoms with Crippen LogP contribution in [0.25, 0.3) is 0 Å². The maximum atomic E-state index is 13.8. The summed E-state index contributed by atoms with van der Waals surface area (Å²) in [6, 6.07) is 2.89. The molecular weight excluding hydrogens is 487 g/mol. The van der Waals surface area contributed by atoms with Crippen molar-refractivity contribution in [3.05, 3.63) is 35.4 Å². The largest absolute Gasteiger partial charge is 0.465 e. The number of hydrogen-bond acceptors (Lipinski definition) is 3. The molecule has 0 spiro atoms. The summed E-state index contributed by atoms with van der Waals surface area (Å²) in [6.07, 6.45) is -13.1. The van der Waals surface area contributed by atoms with Gasteiger partial charge in [-0.1, -0.05) is 12.1 Å². The number of alkyl halides is 13. The molecule has 3 nitrogen and oxygen atoms in total. The van der Waals surface area contributed by atoms with E-state index in [4.69, 9.17) is 0 Å². The fraction of sp³-hybridized carbons (Fsp3) is 0.562. The molecule has 0 aliphatic heterocycles. The summed E-state index contributed by atoms with van der Waals surface area (Å²) < 4.78 is 174. The van der Waals surface area contributed by atoms with Crippen LogP contribution in [0.15, 0.2) is 24.3 Å². The molecule has 0 bridgehead atoms. The van der Waals surface area contributed by atoms with Crippen molar-refractivity contribution in [2.75, 3.05) is 7.11 Å². The summed E-state index contributed by atoms with van der Waals surface area (Å²) in [5, 5.41) is 9.57. The summed E-state index contributed by atoms with van der Waals surface area (Å²) in [5.74, 6) is -38.6. The number of methoxy groups -OCH3 is 1. The lowest BCUT2D eigenvalue weighted by molar-refractivity contribution is -0.440. The van der Waals surface area contributed by atoms with E-state index in [0.717, 1.165) is 19.2 Å². The van der Waals surface area contributed by atoms with E-state index in [9.17, 15) is 67.0 Å². The predicted molar refractivity (Wildman–Crippen MR) is 78.1 cm³/mol. The van der Waals surface area contributed by atoms with Crippen LogP contribution in [0.1, 0.15) is 28.4 Å². The van der Waals surface area contributed by atoms with Crippen molar-refractivity contribution in [2.45, 2.75) is 48.3 Å². The van der Waals surface area contributed by atoms with Crippen LogP contribution in [0.2, 0.25) is 0 Å². The number of aliphatic hydroxyl groups excluding tert-OH is 1. The average molecular weight is 498 g/mol. The Morgan fingerprint density at radius 1 is 0.781 bits per heavy atom. The zero-order valence-electron chi connectivity index (χ0n) is 15.3. The minimum absolute atomic E-state index is 0.249. The first kappa shape index (κ1) is 27.8. The molecule has 1 N–H and O–H groups in total. The van der Waals surface area contributed by atoms with Gasteiger partial charge in [0.25, 0.3) is 0 Å². The summed E-state index contributed by atoms with van der Waals surface area (Å²) >= 11 is 0. The minimum atomic E-state index is -8.00. The lowest BCUT2D eigenvalue weighted by atomic mass is 9.90. The van der Waals surface area contributed by atoms with Crippen molar-refractivity contribution in [1.82, 2.24) is 0 Å². The number of halogens is 13. The quantitative estimate of drug-likeness (QED) is 0.373. The van der Waals surface area contributed by atoms with Gasteiger partial charge in [-0.2, -0.15) is 57.1 Å². The van der Waals surface area contributed by atoms with Crippen LogP contribution in [0.3, 0.4) is 0 Å². The van der Waals surface area contributed by atoms with Crippen LogP contribution in [0.4, 0.5) is 57.1 Å². The smallest absolute Gasteiger partial charge is 0.460 e. The van der Waals surface area contributed by atoms with E-state index < -0.39 is 59.8 Å². The molecule has 0 radical (unpaired) electrons. The first-order valence-corrected chi connectivity index (χ1v) is 7.90. The topological polar surface area (TPSA) is 46.5 Å². The Morgan fingerprint density at radius 2 is 1.19 bits per heavy atom. The van der Waals surface area contributed by atoms with E-state index in [1.165, 1.54) is 0 Å². The summed E-state index contributed by atoms with van der Waals surface area (Å²) in [7, 11) is 0.937. The monoisotopic (exact) mass is 498 g/mol. The van der Waals surface area contributed by atoms with Crippen LogP contribution in [0.5, 0.6) is 0 Å². The lowest BCUT2D eigenvalue weighted by Crippen LogP contribution is -2.70. The third kappa shape index (κ3) is 4.32. The summed E-state index contributed by atoms with van der Waals surface area (Å²) in [4.78, 5) is 11.2. The number of ether oxygens (including phenoxy) is 1. The molecule has 0 amide bonds. The SMILES string of the molecule is COC(=O)c1ccc(C(O)CC(F)(F)C(F)(F)C(F)(F)C(F)(F)C(F)(F)C(F)(F)F)cc1. The van der Waals surface area contributed by atoms with Gasteiger partial charge >= 0.3 is 41.8 Å². The molecule has 0 heterocycles. The molecule has 1 aromatic rings. The fourth-order valence-electron chi connectivity index (χ4n) is 2.25. The van der Waals surface area contributed by atoms with Gasteiger partial charge in [-0.3, -0.25) is 0 Å². The van der Waals surface area contributed by atoms with Crippen molar-refractivity contribution < 1.29 is 71.7 Å². The van der Waals surface area contributed by atoms with Crippen molar-refractivity contribution >= 4 is 5.97 Å². The summed E-state index contributed by atoms with van der Waals surface area (Å²) in [6.45, 7) is 0. The van der Waals surface area contributed by atoms with Crippen LogP contribution < -0.4 is 0 Å². The molecule has 1 rings (SSSR count). The molecule has 0 aliphatic carbocycles. The minimum Gasteiger partial charge on any atom is -0.465 e. The fourth-order valence-corrected chi connectivity index (χ4v) is 2.25. The number of carbonyl (C=O) groups excluding carboxylic acids is 1. The zero-order chi connectivity index (χ0) is 25.6. The van der Waals surface area contributed by atoms with E-state index in [1.54, 1.807) is 0 Å². The van der Waals surface area contributed by atoms with Gasteiger partial charge in [0.2, 0.25) is 0 Å². The number of hydrogen-bond donors (Lipinski definition) is 1.